The van der Waals surface area contributed by atoms with Gasteiger partial charge in [0.1, 0.15) is 0 Å². The third kappa shape index (κ3) is 4.16. The van der Waals surface area contributed by atoms with Gasteiger partial charge < -0.3 is 0 Å². The van der Waals surface area contributed by atoms with Crippen LogP contribution < -0.4 is 0 Å². The normalized spacial score (nSPS) is 21.8. The quantitative estimate of drug-likeness (QED) is 0.294. The molecule has 0 unspecified atom stereocenters. The standard InChI is InChI=1S/C30H28F6N2O4/c1-15-5-9-18(10-6-15)37-23(39)19-11-7-16(13-21(19)24(37)40)28(29(31,32)33,30(34,35)36)17-8-12-20-22(14-17)26(42)38(25(20)41)27(2,3)4/h7-8,11-15,18H,5-6,9-10H2,1-4H3/t15-,18-. The SMILES string of the molecule is CC(C)(C)N1C(=O)c2ccc(C(c3ccc4c(c3)C(=O)N([C@H]3CC[C@H](C)CC3)C4=O)(C(F)(F)F)C(F)(F)F)cc2C1=O. The van der Waals surface area contributed by atoms with Gasteiger partial charge in [0.2, 0.25) is 5.41 Å². The lowest BCUT2D eigenvalue weighted by molar-refractivity contribution is -0.288. The molecule has 3 aliphatic rings. The lowest BCUT2D eigenvalue weighted by atomic mass is 9.71. The minimum atomic E-state index is -6.01. The number of amides is 4. The highest BCUT2D eigenvalue weighted by molar-refractivity contribution is 6.22. The van der Waals surface area contributed by atoms with E-state index in [1.165, 1.54) is 20.8 Å². The Balaban J connectivity index is 1.67. The van der Waals surface area contributed by atoms with Crippen LogP contribution in [0.3, 0.4) is 0 Å². The topological polar surface area (TPSA) is 74.8 Å². The van der Waals surface area contributed by atoms with E-state index in [1.807, 2.05) is 6.92 Å². The van der Waals surface area contributed by atoms with Crippen molar-refractivity contribution in [3.05, 3.63) is 69.8 Å². The van der Waals surface area contributed by atoms with Gasteiger partial charge in [0.05, 0.1) is 22.3 Å². The van der Waals surface area contributed by atoms with E-state index in [1.54, 1.807) is 0 Å². The van der Waals surface area contributed by atoms with Gasteiger partial charge in [-0.1, -0.05) is 19.1 Å². The van der Waals surface area contributed by atoms with Crippen LogP contribution in [0.5, 0.6) is 0 Å². The predicted octanol–water partition coefficient (Wildman–Crippen LogP) is 6.67. The smallest absolute Gasteiger partial charge is 0.271 e. The first-order valence-corrected chi connectivity index (χ1v) is 13.5. The number of hydrogen-bond acceptors (Lipinski definition) is 4. The van der Waals surface area contributed by atoms with Crippen molar-refractivity contribution in [2.45, 2.75) is 82.7 Å². The average molecular weight is 595 g/mol. The minimum Gasteiger partial charge on any atom is -0.271 e. The number of carbonyl (C=O) groups is 4. The zero-order valence-corrected chi connectivity index (χ0v) is 23.2. The first-order chi connectivity index (χ1) is 19.3. The Morgan fingerprint density at radius 3 is 1.48 bits per heavy atom. The highest BCUT2D eigenvalue weighted by Crippen LogP contribution is 2.57. The number of alkyl halides is 6. The van der Waals surface area contributed by atoms with Gasteiger partial charge in [0, 0.05) is 11.6 Å². The van der Waals surface area contributed by atoms with Crippen molar-refractivity contribution in [3.63, 3.8) is 0 Å². The molecule has 1 fully saturated rings. The number of nitrogens with zero attached hydrogens (tertiary/aromatic N) is 2. The third-order valence-electron chi connectivity index (χ3n) is 8.54. The van der Waals surface area contributed by atoms with Crippen molar-refractivity contribution in [1.29, 1.82) is 0 Å². The second-order valence-corrected chi connectivity index (χ2v) is 12.3. The fraction of sp³-hybridized carbons (Fsp3) is 0.467. The molecule has 0 spiro atoms. The van der Waals surface area contributed by atoms with Crippen molar-refractivity contribution in [1.82, 2.24) is 9.80 Å². The molecule has 42 heavy (non-hydrogen) atoms. The molecule has 0 saturated heterocycles. The van der Waals surface area contributed by atoms with E-state index in [0.29, 0.717) is 43.0 Å². The number of imide groups is 2. The summed E-state index contributed by atoms with van der Waals surface area (Å²) in [6.45, 7) is 6.53. The van der Waals surface area contributed by atoms with E-state index < -0.39 is 75.2 Å². The van der Waals surface area contributed by atoms with Gasteiger partial charge in [-0.3, -0.25) is 29.0 Å². The highest BCUT2D eigenvalue weighted by atomic mass is 19.4. The molecule has 2 aromatic rings. The van der Waals surface area contributed by atoms with Crippen molar-refractivity contribution in [2.24, 2.45) is 5.92 Å². The summed E-state index contributed by atoms with van der Waals surface area (Å²) in [7, 11) is 0. The van der Waals surface area contributed by atoms with E-state index in [2.05, 4.69) is 0 Å². The van der Waals surface area contributed by atoms with E-state index >= 15 is 0 Å². The van der Waals surface area contributed by atoms with Crippen molar-refractivity contribution < 1.29 is 45.5 Å². The maximum atomic E-state index is 14.9. The molecule has 0 radical (unpaired) electrons. The van der Waals surface area contributed by atoms with Crippen LogP contribution in [0, 0.1) is 5.92 Å². The molecule has 5 rings (SSSR count). The highest BCUT2D eigenvalue weighted by Gasteiger charge is 2.73. The maximum Gasteiger partial charge on any atom is 0.411 e. The van der Waals surface area contributed by atoms with Crippen LogP contribution in [0.25, 0.3) is 0 Å². The van der Waals surface area contributed by atoms with Crippen LogP contribution >= 0.6 is 0 Å². The molecule has 4 amide bonds. The van der Waals surface area contributed by atoms with E-state index in [9.17, 15) is 45.5 Å². The largest absolute Gasteiger partial charge is 0.411 e. The van der Waals surface area contributed by atoms with Gasteiger partial charge in [0.15, 0.2) is 0 Å². The molecule has 0 atom stereocenters. The maximum absolute atomic E-state index is 14.9. The van der Waals surface area contributed by atoms with Crippen LogP contribution in [-0.4, -0.2) is 57.4 Å². The zero-order valence-electron chi connectivity index (χ0n) is 23.2. The van der Waals surface area contributed by atoms with Crippen LogP contribution in [-0.2, 0) is 5.41 Å². The molecule has 2 aromatic carbocycles. The molecule has 2 heterocycles. The number of carbonyl (C=O) groups excluding carboxylic acids is 4. The third-order valence-corrected chi connectivity index (χ3v) is 8.54. The molecular weight excluding hydrogens is 566 g/mol. The number of benzene rings is 2. The van der Waals surface area contributed by atoms with Crippen molar-refractivity contribution in [3.8, 4) is 0 Å². The van der Waals surface area contributed by atoms with Gasteiger partial charge in [-0.2, -0.15) is 26.3 Å². The van der Waals surface area contributed by atoms with Gasteiger partial charge in [-0.25, -0.2) is 0 Å². The van der Waals surface area contributed by atoms with Gasteiger partial charge in [0.25, 0.3) is 23.6 Å². The van der Waals surface area contributed by atoms with Gasteiger partial charge in [-0.15, -0.1) is 0 Å². The fourth-order valence-corrected chi connectivity index (χ4v) is 6.39. The van der Waals surface area contributed by atoms with Crippen molar-refractivity contribution >= 4 is 23.6 Å². The molecule has 1 aliphatic carbocycles. The molecule has 0 N–H and O–H groups in total. The number of rotatable bonds is 3. The second kappa shape index (κ2) is 9.40. The zero-order chi connectivity index (χ0) is 31.2. The predicted molar refractivity (Wildman–Crippen MR) is 138 cm³/mol. The fourth-order valence-electron chi connectivity index (χ4n) is 6.39. The summed E-state index contributed by atoms with van der Waals surface area (Å²) in [5.74, 6) is -3.18. The van der Waals surface area contributed by atoms with E-state index in [0.717, 1.165) is 34.8 Å². The molecule has 0 aromatic heterocycles. The molecule has 2 aliphatic heterocycles. The summed E-state index contributed by atoms with van der Waals surface area (Å²) in [5, 5.41) is 0. The number of fused-ring (bicyclic) bond motifs is 2. The summed E-state index contributed by atoms with van der Waals surface area (Å²) < 4.78 is 89.5. The number of halogens is 6. The second-order valence-electron chi connectivity index (χ2n) is 12.3. The minimum absolute atomic E-state index is 0.267. The first kappa shape index (κ1) is 29.8. The van der Waals surface area contributed by atoms with E-state index in [-0.39, 0.29) is 11.1 Å². The summed E-state index contributed by atoms with van der Waals surface area (Å²) in [4.78, 5) is 54.1. The van der Waals surface area contributed by atoms with Crippen LogP contribution in [0.15, 0.2) is 36.4 Å². The summed E-state index contributed by atoms with van der Waals surface area (Å²) in [5.41, 5.74) is -10.2. The molecule has 1 saturated carbocycles. The molecular formula is C30H28F6N2O4. The molecule has 224 valence electrons. The first-order valence-electron chi connectivity index (χ1n) is 13.5. The van der Waals surface area contributed by atoms with Gasteiger partial charge in [-0.05, 0) is 87.8 Å². The van der Waals surface area contributed by atoms with Crippen LogP contribution in [0.4, 0.5) is 26.3 Å². The van der Waals surface area contributed by atoms with E-state index in [4.69, 9.17) is 0 Å². The Bertz CT molecular complexity index is 1500. The Morgan fingerprint density at radius 1 is 0.619 bits per heavy atom. The van der Waals surface area contributed by atoms with Crippen LogP contribution in [0.1, 0.15) is 106 Å². The van der Waals surface area contributed by atoms with Crippen LogP contribution in [0.2, 0.25) is 0 Å². The summed E-state index contributed by atoms with van der Waals surface area (Å²) in [6.07, 6.45) is -9.59. The monoisotopic (exact) mass is 594 g/mol. The van der Waals surface area contributed by atoms with Crippen molar-refractivity contribution in [2.75, 3.05) is 0 Å². The average Bonchev–Trinajstić information content (AvgIpc) is 3.27. The summed E-state index contributed by atoms with van der Waals surface area (Å²) >= 11 is 0. The Hall–Kier alpha value is -3.70. The summed E-state index contributed by atoms with van der Waals surface area (Å²) in [6, 6.07) is 3.15. The number of hydrogen-bond donors (Lipinski definition) is 0. The Morgan fingerprint density at radius 2 is 1.02 bits per heavy atom. The molecule has 6 nitrogen and oxygen atoms in total. The van der Waals surface area contributed by atoms with Gasteiger partial charge >= 0.3 is 12.4 Å². The lowest BCUT2D eigenvalue weighted by Crippen LogP contribution is -2.55. The Kier molecular flexibility index (Phi) is 6.67. The molecule has 0 bridgehead atoms. The Labute approximate surface area is 237 Å². The lowest BCUT2D eigenvalue weighted by Gasteiger charge is -2.38. The molecule has 12 heteroatoms.